The van der Waals surface area contributed by atoms with Gasteiger partial charge in [0.15, 0.2) is 24.5 Å². The molecule has 0 aliphatic carbocycles. The predicted octanol–water partition coefficient (Wildman–Crippen LogP) is 0.367. The highest BCUT2D eigenvalue weighted by molar-refractivity contribution is 6.52. The van der Waals surface area contributed by atoms with Crippen LogP contribution in [0, 0.1) is 0 Å². The van der Waals surface area contributed by atoms with Crippen molar-refractivity contribution in [3.8, 4) is 0 Å². The van der Waals surface area contributed by atoms with Crippen molar-refractivity contribution in [1.82, 2.24) is 0 Å². The fourth-order valence-corrected chi connectivity index (χ4v) is 3.41. The number of amides is 1. The number of para-hydroxylation sites is 1. The minimum atomic E-state index is -1.34. The second-order valence-corrected chi connectivity index (χ2v) is 6.54. The lowest BCUT2D eigenvalue weighted by molar-refractivity contribution is -0.225. The number of esters is 3. The highest BCUT2D eigenvalue weighted by Gasteiger charge is 2.53. The maximum Gasteiger partial charge on any atom is 0.303 e. The minimum Gasteiger partial charge on any atom is -0.456 e. The minimum absolute atomic E-state index is 0.175. The van der Waals surface area contributed by atoms with Crippen LogP contribution in [-0.2, 0) is 38.1 Å². The molecular weight excluding hydrogens is 386 g/mol. The number of benzene rings is 1. The van der Waals surface area contributed by atoms with E-state index in [-0.39, 0.29) is 17.9 Å². The van der Waals surface area contributed by atoms with Gasteiger partial charge < -0.3 is 18.9 Å². The Kier molecular flexibility index (Phi) is 5.64. The first-order chi connectivity index (χ1) is 13.7. The molecule has 0 N–H and O–H groups in total. The van der Waals surface area contributed by atoms with Gasteiger partial charge in [-0.1, -0.05) is 12.1 Å². The molecule has 2 aliphatic heterocycles. The fourth-order valence-electron chi connectivity index (χ4n) is 3.41. The van der Waals surface area contributed by atoms with Gasteiger partial charge in [0.05, 0.1) is 17.9 Å². The summed E-state index contributed by atoms with van der Waals surface area (Å²) in [6, 6.07) is 6.28. The first kappa shape index (κ1) is 20.5. The van der Waals surface area contributed by atoms with Crippen molar-refractivity contribution in [2.24, 2.45) is 0 Å². The van der Waals surface area contributed by atoms with Crippen LogP contribution in [0.4, 0.5) is 5.69 Å². The van der Waals surface area contributed by atoms with Gasteiger partial charge in [-0.2, -0.15) is 0 Å². The average Bonchev–Trinajstić information content (AvgIpc) is 2.88. The topological polar surface area (TPSA) is 126 Å². The van der Waals surface area contributed by atoms with E-state index in [1.54, 1.807) is 18.2 Å². The van der Waals surface area contributed by atoms with E-state index in [1.807, 2.05) is 0 Å². The van der Waals surface area contributed by atoms with Crippen LogP contribution in [0.25, 0.3) is 0 Å². The Morgan fingerprint density at radius 2 is 1.52 bits per heavy atom. The van der Waals surface area contributed by atoms with Gasteiger partial charge in [0.2, 0.25) is 0 Å². The summed E-state index contributed by atoms with van der Waals surface area (Å²) in [5.74, 6) is -3.73. The van der Waals surface area contributed by atoms with Gasteiger partial charge in [-0.15, -0.1) is 0 Å². The molecule has 2 aliphatic rings. The van der Waals surface area contributed by atoms with Crippen molar-refractivity contribution in [3.05, 3.63) is 29.8 Å². The lowest BCUT2D eigenvalue weighted by Gasteiger charge is -2.43. The van der Waals surface area contributed by atoms with Crippen LogP contribution in [0.3, 0.4) is 0 Å². The lowest BCUT2D eigenvalue weighted by Crippen LogP contribution is -2.63. The van der Waals surface area contributed by atoms with Gasteiger partial charge in [0, 0.05) is 20.8 Å². The van der Waals surface area contributed by atoms with Crippen LogP contribution < -0.4 is 4.90 Å². The molecule has 154 valence electrons. The summed E-state index contributed by atoms with van der Waals surface area (Å²) in [5, 5.41) is 0. The molecule has 4 atom stereocenters. The summed E-state index contributed by atoms with van der Waals surface area (Å²) >= 11 is 0. The predicted molar refractivity (Wildman–Crippen MR) is 94.7 cm³/mol. The van der Waals surface area contributed by atoms with E-state index < -0.39 is 54.1 Å². The third-order valence-electron chi connectivity index (χ3n) is 4.40. The molecule has 1 aromatic rings. The Labute approximate surface area is 165 Å². The van der Waals surface area contributed by atoms with E-state index in [0.717, 1.165) is 25.7 Å². The van der Waals surface area contributed by atoms with Gasteiger partial charge in [-0.25, -0.2) is 0 Å². The normalized spacial score (nSPS) is 26.0. The van der Waals surface area contributed by atoms with Crippen LogP contribution in [0.5, 0.6) is 0 Å². The van der Waals surface area contributed by atoms with Crippen molar-refractivity contribution in [2.45, 2.75) is 45.3 Å². The number of ketones is 1. The van der Waals surface area contributed by atoms with E-state index >= 15 is 0 Å². The van der Waals surface area contributed by atoms with Gasteiger partial charge >= 0.3 is 23.8 Å². The number of rotatable bonds is 4. The van der Waals surface area contributed by atoms with Crippen molar-refractivity contribution in [3.63, 3.8) is 0 Å². The number of carbonyl (C=O) groups excluding carboxylic acids is 5. The number of nitrogens with zero attached hydrogens (tertiary/aromatic N) is 1. The molecule has 0 radical (unpaired) electrons. The maximum absolute atomic E-state index is 12.6. The third-order valence-corrected chi connectivity index (χ3v) is 4.40. The van der Waals surface area contributed by atoms with Crippen LogP contribution >= 0.6 is 0 Å². The summed E-state index contributed by atoms with van der Waals surface area (Å²) in [6.07, 6.45) is -4.91. The molecule has 0 unspecified atom stereocenters. The molecule has 1 saturated heterocycles. The molecule has 0 aromatic heterocycles. The van der Waals surface area contributed by atoms with Gasteiger partial charge in [-0.05, 0) is 12.1 Å². The molecule has 29 heavy (non-hydrogen) atoms. The Hall–Kier alpha value is -3.27. The first-order valence-electron chi connectivity index (χ1n) is 8.81. The second-order valence-electron chi connectivity index (χ2n) is 6.54. The van der Waals surface area contributed by atoms with E-state index in [4.69, 9.17) is 18.9 Å². The molecule has 3 rings (SSSR count). The summed E-state index contributed by atoms with van der Waals surface area (Å²) in [5.41, 5.74) is 0.450. The van der Waals surface area contributed by atoms with Crippen LogP contribution in [0.1, 0.15) is 31.1 Å². The molecule has 1 amide bonds. The number of carbonyl (C=O) groups is 5. The summed E-state index contributed by atoms with van der Waals surface area (Å²) in [6.45, 7) is 3.18. The molecule has 10 heteroatoms. The number of fused-ring (bicyclic) bond motifs is 1. The summed E-state index contributed by atoms with van der Waals surface area (Å²) in [7, 11) is 0. The third kappa shape index (κ3) is 3.97. The van der Waals surface area contributed by atoms with Crippen LogP contribution in [-0.4, -0.2) is 60.7 Å². The monoisotopic (exact) mass is 405 g/mol. The Morgan fingerprint density at radius 3 is 2.14 bits per heavy atom. The second kappa shape index (κ2) is 8.00. The first-order valence-corrected chi connectivity index (χ1v) is 8.81. The Morgan fingerprint density at radius 1 is 0.931 bits per heavy atom. The van der Waals surface area contributed by atoms with E-state index in [2.05, 4.69) is 0 Å². The van der Waals surface area contributed by atoms with Crippen molar-refractivity contribution < 1.29 is 42.9 Å². The largest absolute Gasteiger partial charge is 0.456 e. The maximum atomic E-state index is 12.6. The quantitative estimate of drug-likeness (QED) is 0.397. The van der Waals surface area contributed by atoms with E-state index in [1.165, 1.54) is 6.07 Å². The highest BCUT2D eigenvalue weighted by Crippen LogP contribution is 2.35. The molecule has 0 spiro atoms. The Bertz CT molecular complexity index is 880. The fraction of sp³-hybridized carbons (Fsp3) is 0.421. The van der Waals surface area contributed by atoms with Gasteiger partial charge in [0.25, 0.3) is 5.78 Å². The SMILES string of the molecule is CC(=O)O[C@@H]1[C@@H](OC(C)=O)[C@@H](N2C(=O)C(=O)c3ccccc32)OC[C@H]1OC(C)=O. The van der Waals surface area contributed by atoms with Crippen molar-refractivity contribution in [1.29, 1.82) is 0 Å². The zero-order valence-electron chi connectivity index (χ0n) is 15.9. The summed E-state index contributed by atoms with van der Waals surface area (Å²) < 4.78 is 21.4. The van der Waals surface area contributed by atoms with E-state index in [0.29, 0.717) is 0 Å². The zero-order chi connectivity index (χ0) is 21.3. The number of hydrogen-bond donors (Lipinski definition) is 0. The molecule has 10 nitrogen and oxygen atoms in total. The molecular formula is C19H19NO9. The van der Waals surface area contributed by atoms with Crippen molar-refractivity contribution in [2.75, 3.05) is 11.5 Å². The zero-order valence-corrected chi connectivity index (χ0v) is 15.9. The lowest BCUT2D eigenvalue weighted by atomic mass is 10.0. The highest BCUT2D eigenvalue weighted by atomic mass is 16.6. The summed E-state index contributed by atoms with van der Waals surface area (Å²) in [4.78, 5) is 60.8. The standard InChI is InChI=1S/C19H19NO9/c1-9(21)27-14-8-26-19(17(29-11(3)23)16(14)28-10(2)22)20-13-7-5-4-6-12(13)15(24)18(20)25/h4-7,14,16-17,19H,8H2,1-3H3/t14-,16+,17-,19+/m1/s1. The van der Waals surface area contributed by atoms with Crippen LogP contribution in [0.15, 0.2) is 24.3 Å². The smallest absolute Gasteiger partial charge is 0.303 e. The molecule has 2 heterocycles. The number of hydrogen-bond acceptors (Lipinski definition) is 9. The average molecular weight is 405 g/mol. The molecule has 0 saturated carbocycles. The molecule has 0 bridgehead atoms. The molecule has 1 aromatic carbocycles. The molecule has 1 fully saturated rings. The van der Waals surface area contributed by atoms with E-state index in [9.17, 15) is 24.0 Å². The van der Waals surface area contributed by atoms with Crippen molar-refractivity contribution >= 4 is 35.3 Å². The van der Waals surface area contributed by atoms with Gasteiger partial charge in [-0.3, -0.25) is 28.9 Å². The number of ether oxygens (including phenoxy) is 4. The van der Waals surface area contributed by atoms with Gasteiger partial charge in [0.1, 0.15) is 0 Å². The van der Waals surface area contributed by atoms with Crippen LogP contribution in [0.2, 0.25) is 0 Å². The number of Topliss-reactive ketones (excluding diaryl/α,β-unsaturated/α-hetero) is 1. The Balaban J connectivity index is 2.02. The number of anilines is 1.